The molecule has 2 heterocycles. The predicted molar refractivity (Wildman–Crippen MR) is 72.2 cm³/mol. The molecule has 0 atom stereocenters. The van der Waals surface area contributed by atoms with E-state index in [0.717, 1.165) is 5.56 Å². The van der Waals surface area contributed by atoms with Crippen molar-refractivity contribution >= 4 is 22.8 Å². The third-order valence-electron chi connectivity index (χ3n) is 3.53. The molecule has 2 aromatic rings. The molecule has 20 heavy (non-hydrogen) atoms. The Balaban J connectivity index is 2.38. The van der Waals surface area contributed by atoms with Crippen molar-refractivity contribution in [1.29, 1.82) is 0 Å². The lowest BCUT2D eigenvalue weighted by molar-refractivity contribution is 0.0602. The van der Waals surface area contributed by atoms with Crippen molar-refractivity contribution in [2.75, 3.05) is 20.8 Å². The minimum Gasteiger partial charge on any atom is -0.495 e. The van der Waals surface area contributed by atoms with Gasteiger partial charge in [-0.3, -0.25) is 4.79 Å². The van der Waals surface area contributed by atoms with Crippen molar-refractivity contribution in [1.82, 2.24) is 10.3 Å². The summed E-state index contributed by atoms with van der Waals surface area (Å²) in [6, 6.07) is 3.35. The Morgan fingerprint density at radius 2 is 2.10 bits per heavy atom. The number of rotatable bonds is 2. The van der Waals surface area contributed by atoms with Crippen molar-refractivity contribution in [3.63, 3.8) is 0 Å². The molecule has 1 aromatic carbocycles. The predicted octanol–water partition coefficient (Wildman–Crippen LogP) is 1.25. The smallest absolute Gasteiger partial charge is 0.338 e. The first kappa shape index (κ1) is 12.5. The maximum absolute atomic E-state index is 11.9. The molecule has 1 aliphatic heterocycles. The second-order valence-electron chi connectivity index (χ2n) is 4.54. The maximum Gasteiger partial charge on any atom is 0.338 e. The molecule has 6 nitrogen and oxygen atoms in total. The summed E-state index contributed by atoms with van der Waals surface area (Å²) >= 11 is 0. The molecule has 0 fully saturated rings. The van der Waals surface area contributed by atoms with Crippen molar-refractivity contribution in [3.8, 4) is 5.75 Å². The average Bonchev–Trinajstić information content (AvgIpc) is 2.86. The van der Waals surface area contributed by atoms with Gasteiger partial charge in [-0.25, -0.2) is 4.79 Å². The number of carbonyl (C=O) groups is 2. The van der Waals surface area contributed by atoms with Crippen LogP contribution in [-0.2, 0) is 11.2 Å². The van der Waals surface area contributed by atoms with Crippen molar-refractivity contribution in [2.24, 2.45) is 0 Å². The van der Waals surface area contributed by atoms with Crippen LogP contribution in [0.25, 0.3) is 10.9 Å². The topological polar surface area (TPSA) is 80.4 Å². The van der Waals surface area contributed by atoms with E-state index in [1.807, 2.05) is 0 Å². The molecule has 0 saturated heterocycles. The van der Waals surface area contributed by atoms with Crippen LogP contribution in [0.2, 0.25) is 0 Å². The zero-order chi connectivity index (χ0) is 14.3. The van der Waals surface area contributed by atoms with Crippen LogP contribution < -0.4 is 10.1 Å². The highest BCUT2D eigenvalue weighted by Crippen LogP contribution is 2.34. The number of hydrogen-bond donors (Lipinski definition) is 2. The summed E-state index contributed by atoms with van der Waals surface area (Å²) in [4.78, 5) is 26.9. The monoisotopic (exact) mass is 274 g/mol. The first-order valence-corrected chi connectivity index (χ1v) is 6.25. The first-order chi connectivity index (χ1) is 9.67. The Kier molecular flexibility index (Phi) is 2.85. The lowest BCUT2D eigenvalue weighted by Gasteiger charge is -2.13. The van der Waals surface area contributed by atoms with Gasteiger partial charge in [-0.2, -0.15) is 0 Å². The van der Waals surface area contributed by atoms with E-state index in [1.54, 1.807) is 19.2 Å². The molecule has 0 aliphatic carbocycles. The second-order valence-corrected chi connectivity index (χ2v) is 4.54. The van der Waals surface area contributed by atoms with E-state index in [4.69, 9.17) is 9.47 Å². The standard InChI is InChI=1S/C14H14N2O4/c1-19-9-4-3-8(14(18)20-2)10-7-5-6-15-13(17)11(7)16-12(9)10/h3-4,16H,5-6H2,1-2H3,(H,15,17). The molecule has 0 saturated carbocycles. The normalized spacial score (nSPS) is 13.8. The molecule has 0 bridgehead atoms. The summed E-state index contributed by atoms with van der Waals surface area (Å²) in [5, 5.41) is 3.48. The van der Waals surface area contributed by atoms with Crippen LogP contribution in [0.15, 0.2) is 12.1 Å². The van der Waals surface area contributed by atoms with Gasteiger partial charge in [0.1, 0.15) is 11.4 Å². The minimum absolute atomic E-state index is 0.166. The molecule has 1 aliphatic rings. The number of H-pyrrole nitrogens is 1. The Bertz CT molecular complexity index is 718. The van der Waals surface area contributed by atoms with E-state index >= 15 is 0 Å². The lowest BCUT2D eigenvalue weighted by atomic mass is 10.00. The highest BCUT2D eigenvalue weighted by atomic mass is 16.5. The van der Waals surface area contributed by atoms with Gasteiger partial charge in [-0.15, -0.1) is 0 Å². The van der Waals surface area contributed by atoms with E-state index in [2.05, 4.69) is 10.3 Å². The number of benzene rings is 1. The second kappa shape index (κ2) is 4.56. The summed E-state index contributed by atoms with van der Waals surface area (Å²) in [7, 11) is 2.89. The summed E-state index contributed by atoms with van der Waals surface area (Å²) in [5.41, 5.74) is 2.41. The summed E-state index contributed by atoms with van der Waals surface area (Å²) in [5.74, 6) is 0.000562. The van der Waals surface area contributed by atoms with E-state index in [0.29, 0.717) is 40.9 Å². The fraction of sp³-hybridized carbons (Fsp3) is 0.286. The fourth-order valence-electron chi connectivity index (χ4n) is 2.63. The van der Waals surface area contributed by atoms with Crippen molar-refractivity contribution in [2.45, 2.75) is 6.42 Å². The van der Waals surface area contributed by atoms with Gasteiger partial charge in [0.25, 0.3) is 5.91 Å². The molecule has 0 spiro atoms. The molecule has 0 radical (unpaired) electrons. The SMILES string of the molecule is COC(=O)c1ccc(OC)c2[nH]c3c(c12)CCNC3=O. The fourth-order valence-corrected chi connectivity index (χ4v) is 2.63. The van der Waals surface area contributed by atoms with Gasteiger partial charge in [0.15, 0.2) is 0 Å². The number of hydrogen-bond acceptors (Lipinski definition) is 4. The minimum atomic E-state index is -0.426. The van der Waals surface area contributed by atoms with Gasteiger partial charge in [0, 0.05) is 11.9 Å². The lowest BCUT2D eigenvalue weighted by Crippen LogP contribution is -2.31. The average molecular weight is 274 g/mol. The molecular weight excluding hydrogens is 260 g/mol. The molecular formula is C14H14N2O4. The van der Waals surface area contributed by atoms with Gasteiger partial charge in [0.2, 0.25) is 0 Å². The molecule has 3 rings (SSSR count). The Hall–Kier alpha value is -2.50. The van der Waals surface area contributed by atoms with Crippen LogP contribution in [0.5, 0.6) is 5.75 Å². The molecule has 6 heteroatoms. The number of amides is 1. The summed E-state index contributed by atoms with van der Waals surface area (Å²) in [6.07, 6.45) is 0.665. The molecule has 1 aromatic heterocycles. The molecule has 2 N–H and O–H groups in total. The van der Waals surface area contributed by atoms with Crippen molar-refractivity contribution in [3.05, 3.63) is 29.0 Å². The number of esters is 1. The Morgan fingerprint density at radius 1 is 1.30 bits per heavy atom. The van der Waals surface area contributed by atoms with Crippen LogP contribution in [0.3, 0.4) is 0 Å². The van der Waals surface area contributed by atoms with Gasteiger partial charge in [0.05, 0.1) is 25.3 Å². The van der Waals surface area contributed by atoms with E-state index < -0.39 is 5.97 Å². The van der Waals surface area contributed by atoms with Crippen LogP contribution in [0.4, 0.5) is 0 Å². The van der Waals surface area contributed by atoms with E-state index in [9.17, 15) is 9.59 Å². The van der Waals surface area contributed by atoms with Gasteiger partial charge in [-0.1, -0.05) is 0 Å². The molecule has 0 unspecified atom stereocenters. The first-order valence-electron chi connectivity index (χ1n) is 6.25. The Labute approximate surface area is 115 Å². The van der Waals surface area contributed by atoms with Gasteiger partial charge >= 0.3 is 5.97 Å². The van der Waals surface area contributed by atoms with E-state index in [-0.39, 0.29) is 5.91 Å². The number of aromatic nitrogens is 1. The summed E-state index contributed by atoms with van der Waals surface area (Å²) in [6.45, 7) is 0.552. The largest absolute Gasteiger partial charge is 0.495 e. The highest BCUT2D eigenvalue weighted by molar-refractivity contribution is 6.11. The van der Waals surface area contributed by atoms with Crippen LogP contribution in [0, 0.1) is 0 Å². The highest BCUT2D eigenvalue weighted by Gasteiger charge is 2.26. The molecule has 1 amide bonds. The number of ether oxygens (including phenoxy) is 2. The van der Waals surface area contributed by atoms with Crippen LogP contribution >= 0.6 is 0 Å². The number of aromatic amines is 1. The molecule has 104 valence electrons. The van der Waals surface area contributed by atoms with Crippen molar-refractivity contribution < 1.29 is 19.1 Å². The number of fused-ring (bicyclic) bond motifs is 3. The Morgan fingerprint density at radius 3 is 2.80 bits per heavy atom. The number of nitrogens with one attached hydrogen (secondary N) is 2. The van der Waals surface area contributed by atoms with E-state index in [1.165, 1.54) is 7.11 Å². The van der Waals surface area contributed by atoms with Gasteiger partial charge < -0.3 is 19.8 Å². The van der Waals surface area contributed by atoms with Crippen LogP contribution in [0.1, 0.15) is 26.4 Å². The zero-order valence-electron chi connectivity index (χ0n) is 11.2. The summed E-state index contributed by atoms with van der Waals surface area (Å²) < 4.78 is 10.1. The zero-order valence-corrected chi connectivity index (χ0v) is 11.2. The van der Waals surface area contributed by atoms with Crippen LogP contribution in [-0.4, -0.2) is 37.6 Å². The third kappa shape index (κ3) is 1.65. The third-order valence-corrected chi connectivity index (χ3v) is 3.53. The number of methoxy groups -OCH3 is 2. The maximum atomic E-state index is 11.9. The quantitative estimate of drug-likeness (QED) is 0.808. The number of carbonyl (C=O) groups excluding carboxylic acids is 2. The van der Waals surface area contributed by atoms with Gasteiger partial charge in [-0.05, 0) is 24.1 Å².